The molecule has 3 rings (SSSR count). The number of carbonyl (C=O) groups is 2. The first kappa shape index (κ1) is 18.8. The first-order chi connectivity index (χ1) is 12.1. The standard InChI is InChI=1S/C17H24N4O4S/c1-10(2)16(22)20-5-6-21(15-9-26(24,25)8-14(15)20)17(23)13-7-11(3)18-12(4)19-13/h7,10,14-15H,5-6,8-9H2,1-4H3/t14-,15+/m1/s1. The molecule has 142 valence electrons. The lowest BCUT2D eigenvalue weighted by atomic mass is 10.0. The zero-order valence-corrected chi connectivity index (χ0v) is 16.3. The van der Waals surface area contributed by atoms with Crippen LogP contribution in [0.25, 0.3) is 0 Å². The molecule has 2 amide bonds. The maximum absolute atomic E-state index is 13.0. The van der Waals surface area contributed by atoms with Crippen LogP contribution in [-0.4, -0.2) is 76.7 Å². The summed E-state index contributed by atoms with van der Waals surface area (Å²) in [6.45, 7) is 7.73. The van der Waals surface area contributed by atoms with Gasteiger partial charge in [0.25, 0.3) is 5.91 Å². The Hall–Kier alpha value is -2.03. The van der Waals surface area contributed by atoms with Crippen LogP contribution in [0, 0.1) is 19.8 Å². The molecule has 0 bridgehead atoms. The van der Waals surface area contributed by atoms with E-state index >= 15 is 0 Å². The van der Waals surface area contributed by atoms with E-state index in [-0.39, 0.29) is 34.9 Å². The number of piperazine rings is 1. The molecule has 0 saturated carbocycles. The summed E-state index contributed by atoms with van der Waals surface area (Å²) >= 11 is 0. The predicted molar refractivity (Wildman–Crippen MR) is 95.3 cm³/mol. The number of amides is 2. The third kappa shape index (κ3) is 3.44. The van der Waals surface area contributed by atoms with Gasteiger partial charge in [0.1, 0.15) is 11.5 Å². The molecule has 0 N–H and O–H groups in total. The van der Waals surface area contributed by atoms with Crippen LogP contribution in [-0.2, 0) is 14.6 Å². The van der Waals surface area contributed by atoms with Crippen molar-refractivity contribution in [1.82, 2.24) is 19.8 Å². The monoisotopic (exact) mass is 380 g/mol. The second-order valence-corrected chi connectivity index (χ2v) is 9.49. The molecular weight excluding hydrogens is 356 g/mol. The molecule has 3 heterocycles. The summed E-state index contributed by atoms with van der Waals surface area (Å²) in [5, 5.41) is 0. The van der Waals surface area contributed by atoms with Crippen molar-refractivity contribution in [3.8, 4) is 0 Å². The third-order valence-corrected chi connectivity index (χ3v) is 6.60. The summed E-state index contributed by atoms with van der Waals surface area (Å²) in [7, 11) is -3.31. The van der Waals surface area contributed by atoms with Gasteiger partial charge < -0.3 is 9.80 Å². The quantitative estimate of drug-likeness (QED) is 0.726. The van der Waals surface area contributed by atoms with Gasteiger partial charge in [-0.15, -0.1) is 0 Å². The summed E-state index contributed by atoms with van der Waals surface area (Å²) < 4.78 is 24.5. The molecule has 0 unspecified atom stereocenters. The van der Waals surface area contributed by atoms with Crippen molar-refractivity contribution in [3.05, 3.63) is 23.3 Å². The lowest BCUT2D eigenvalue weighted by Gasteiger charge is -2.44. The van der Waals surface area contributed by atoms with Gasteiger partial charge in [-0.25, -0.2) is 18.4 Å². The number of carbonyl (C=O) groups excluding carboxylic acids is 2. The van der Waals surface area contributed by atoms with Gasteiger partial charge >= 0.3 is 0 Å². The van der Waals surface area contributed by atoms with Gasteiger partial charge in [0.05, 0.1) is 23.6 Å². The van der Waals surface area contributed by atoms with Crippen molar-refractivity contribution in [1.29, 1.82) is 0 Å². The van der Waals surface area contributed by atoms with E-state index in [1.165, 1.54) is 0 Å². The van der Waals surface area contributed by atoms with Crippen LogP contribution in [0.2, 0.25) is 0 Å². The molecule has 26 heavy (non-hydrogen) atoms. The second-order valence-electron chi connectivity index (χ2n) is 7.34. The molecule has 2 saturated heterocycles. The Bertz CT molecular complexity index is 832. The van der Waals surface area contributed by atoms with Gasteiger partial charge in [0.15, 0.2) is 9.84 Å². The van der Waals surface area contributed by atoms with Crippen LogP contribution < -0.4 is 0 Å². The molecule has 2 aliphatic rings. The van der Waals surface area contributed by atoms with Gasteiger partial charge in [-0.05, 0) is 19.9 Å². The van der Waals surface area contributed by atoms with Crippen molar-refractivity contribution in [2.45, 2.75) is 39.8 Å². The normalized spacial score (nSPS) is 24.7. The number of nitrogens with zero attached hydrogens (tertiary/aromatic N) is 4. The molecule has 2 aliphatic heterocycles. The average molecular weight is 380 g/mol. The number of hydrogen-bond donors (Lipinski definition) is 0. The maximum Gasteiger partial charge on any atom is 0.273 e. The number of aromatic nitrogens is 2. The van der Waals surface area contributed by atoms with Crippen molar-refractivity contribution >= 4 is 21.7 Å². The van der Waals surface area contributed by atoms with Crippen molar-refractivity contribution < 1.29 is 18.0 Å². The van der Waals surface area contributed by atoms with Crippen molar-refractivity contribution in [3.63, 3.8) is 0 Å². The minimum absolute atomic E-state index is 0.0714. The van der Waals surface area contributed by atoms with E-state index in [0.717, 1.165) is 0 Å². The van der Waals surface area contributed by atoms with Crippen molar-refractivity contribution in [2.75, 3.05) is 24.6 Å². The minimum Gasteiger partial charge on any atom is -0.335 e. The van der Waals surface area contributed by atoms with Crippen LogP contribution in [0.3, 0.4) is 0 Å². The van der Waals surface area contributed by atoms with Crippen LogP contribution in [0.4, 0.5) is 0 Å². The Morgan fingerprint density at radius 1 is 1.08 bits per heavy atom. The molecule has 0 aliphatic carbocycles. The molecule has 0 aromatic carbocycles. The molecule has 9 heteroatoms. The highest BCUT2D eigenvalue weighted by Gasteiger charge is 2.49. The molecular formula is C17H24N4O4S. The highest BCUT2D eigenvalue weighted by atomic mass is 32.2. The van der Waals surface area contributed by atoms with Gasteiger partial charge in [-0.3, -0.25) is 9.59 Å². The van der Waals surface area contributed by atoms with Crippen LogP contribution in [0.5, 0.6) is 0 Å². The minimum atomic E-state index is -3.31. The Balaban J connectivity index is 1.93. The summed E-state index contributed by atoms with van der Waals surface area (Å²) in [6, 6.07) is 0.593. The fourth-order valence-electron chi connectivity index (χ4n) is 3.78. The number of sulfone groups is 1. The van der Waals surface area contributed by atoms with Gasteiger partial charge in [-0.1, -0.05) is 13.8 Å². The lowest BCUT2D eigenvalue weighted by Crippen LogP contribution is -2.62. The lowest BCUT2D eigenvalue weighted by molar-refractivity contribution is -0.139. The summed E-state index contributed by atoms with van der Waals surface area (Å²) in [6.07, 6.45) is 0. The first-order valence-corrected chi connectivity index (χ1v) is 10.6. The van der Waals surface area contributed by atoms with Gasteiger partial charge in [-0.2, -0.15) is 0 Å². The van der Waals surface area contributed by atoms with E-state index in [1.54, 1.807) is 43.6 Å². The molecule has 2 atom stereocenters. The summed E-state index contributed by atoms with van der Waals surface area (Å²) in [4.78, 5) is 37.1. The first-order valence-electron chi connectivity index (χ1n) is 8.73. The van der Waals surface area contributed by atoms with E-state index in [2.05, 4.69) is 9.97 Å². The highest BCUT2D eigenvalue weighted by Crippen LogP contribution is 2.29. The number of aryl methyl sites for hydroxylation is 2. The smallest absolute Gasteiger partial charge is 0.273 e. The second kappa shape index (κ2) is 6.61. The topological polar surface area (TPSA) is 101 Å². The Labute approximate surface area is 153 Å². The van der Waals surface area contributed by atoms with Crippen LogP contribution >= 0.6 is 0 Å². The third-order valence-electron chi connectivity index (χ3n) is 4.90. The van der Waals surface area contributed by atoms with Crippen LogP contribution in [0.15, 0.2) is 6.07 Å². The Morgan fingerprint density at radius 3 is 2.23 bits per heavy atom. The molecule has 8 nitrogen and oxygen atoms in total. The largest absolute Gasteiger partial charge is 0.335 e. The van der Waals surface area contributed by atoms with E-state index < -0.39 is 21.9 Å². The Morgan fingerprint density at radius 2 is 1.65 bits per heavy atom. The number of rotatable bonds is 2. The average Bonchev–Trinajstić information content (AvgIpc) is 2.86. The van der Waals surface area contributed by atoms with E-state index in [4.69, 9.17) is 0 Å². The Kier molecular flexibility index (Phi) is 4.76. The SMILES string of the molecule is Cc1cc(C(=O)N2CCN(C(=O)C(C)C)[C@@H]3CS(=O)(=O)C[C@@H]32)nc(C)n1. The molecule has 1 aromatic rings. The van der Waals surface area contributed by atoms with E-state index in [0.29, 0.717) is 24.6 Å². The van der Waals surface area contributed by atoms with Gasteiger partial charge in [0.2, 0.25) is 5.91 Å². The zero-order valence-electron chi connectivity index (χ0n) is 15.5. The zero-order chi connectivity index (χ0) is 19.2. The predicted octanol–water partition coefficient (Wildman–Crippen LogP) is 0.199. The molecule has 0 spiro atoms. The van der Waals surface area contributed by atoms with Crippen LogP contribution in [0.1, 0.15) is 35.9 Å². The number of fused-ring (bicyclic) bond motifs is 1. The fourth-order valence-corrected chi connectivity index (χ4v) is 5.77. The van der Waals surface area contributed by atoms with Crippen molar-refractivity contribution in [2.24, 2.45) is 5.92 Å². The summed E-state index contributed by atoms with van der Waals surface area (Å²) in [5.74, 6) is -0.304. The highest BCUT2D eigenvalue weighted by molar-refractivity contribution is 7.91. The molecule has 0 radical (unpaired) electrons. The van der Waals surface area contributed by atoms with Gasteiger partial charge in [0, 0.05) is 24.7 Å². The maximum atomic E-state index is 13.0. The molecule has 1 aromatic heterocycles. The number of hydrogen-bond acceptors (Lipinski definition) is 6. The van der Waals surface area contributed by atoms with E-state index in [1.807, 2.05) is 0 Å². The summed E-state index contributed by atoms with van der Waals surface area (Å²) in [5.41, 5.74) is 0.951. The fraction of sp³-hybridized carbons (Fsp3) is 0.647. The van der Waals surface area contributed by atoms with E-state index in [9.17, 15) is 18.0 Å². The molecule has 2 fully saturated rings.